The predicted molar refractivity (Wildman–Crippen MR) is 98.5 cm³/mol. The van der Waals surface area contributed by atoms with Gasteiger partial charge in [0, 0.05) is 25.9 Å². The van der Waals surface area contributed by atoms with E-state index in [4.69, 9.17) is 9.47 Å². The summed E-state index contributed by atoms with van der Waals surface area (Å²) in [4.78, 5) is 14.4. The molecule has 2 saturated heterocycles. The largest absolute Gasteiger partial charge is 0.347 e. The van der Waals surface area contributed by atoms with Crippen LogP contribution >= 0.6 is 0 Å². The molecule has 0 N–H and O–H groups in total. The van der Waals surface area contributed by atoms with E-state index in [9.17, 15) is 13.2 Å². The molecule has 8 heteroatoms. The van der Waals surface area contributed by atoms with Crippen LogP contribution in [0.25, 0.3) is 0 Å². The van der Waals surface area contributed by atoms with Crippen LogP contribution in [-0.4, -0.2) is 64.1 Å². The maximum atomic E-state index is 12.7. The number of likely N-dealkylation sites (tertiary alicyclic amines) is 1. The fourth-order valence-corrected chi connectivity index (χ4v) is 4.25. The molecule has 0 radical (unpaired) electrons. The molecule has 26 heavy (non-hydrogen) atoms. The van der Waals surface area contributed by atoms with Crippen LogP contribution in [0.15, 0.2) is 24.3 Å². The summed E-state index contributed by atoms with van der Waals surface area (Å²) in [6.07, 6.45) is 3.22. The molecular formula is C18H26N2O5S. The van der Waals surface area contributed by atoms with Crippen molar-refractivity contribution in [2.75, 3.05) is 43.4 Å². The minimum atomic E-state index is -3.56. The van der Waals surface area contributed by atoms with Crippen molar-refractivity contribution in [1.29, 1.82) is 0 Å². The lowest BCUT2D eigenvalue weighted by Crippen LogP contribution is -2.50. The van der Waals surface area contributed by atoms with Gasteiger partial charge >= 0.3 is 0 Å². The van der Waals surface area contributed by atoms with Gasteiger partial charge in [-0.2, -0.15) is 0 Å². The minimum Gasteiger partial charge on any atom is -0.347 e. The van der Waals surface area contributed by atoms with E-state index in [1.54, 1.807) is 17.0 Å². The molecule has 1 spiro atoms. The molecule has 0 bridgehead atoms. The molecule has 1 aromatic carbocycles. The highest BCUT2D eigenvalue weighted by Crippen LogP contribution is 2.31. The molecule has 1 amide bonds. The standard InChI is InChI=1S/C18H26N2O5S/c1-3-15-4-6-16(7-5-15)20(26(2,22)23)14-17(21)19-10-8-18(9-11-19)24-12-13-25-18/h4-7H,3,8-14H2,1-2H3. The first-order valence-corrected chi connectivity index (χ1v) is 10.8. The lowest BCUT2D eigenvalue weighted by atomic mass is 10.0. The summed E-state index contributed by atoms with van der Waals surface area (Å²) >= 11 is 0. The molecule has 0 atom stereocenters. The summed E-state index contributed by atoms with van der Waals surface area (Å²) in [5, 5.41) is 0. The Labute approximate surface area is 154 Å². The summed E-state index contributed by atoms with van der Waals surface area (Å²) in [6.45, 7) is 4.02. The lowest BCUT2D eigenvalue weighted by Gasteiger charge is -2.38. The van der Waals surface area contributed by atoms with E-state index in [-0.39, 0.29) is 12.5 Å². The third-order valence-electron chi connectivity index (χ3n) is 5.00. The second-order valence-corrected chi connectivity index (χ2v) is 8.68. The van der Waals surface area contributed by atoms with Crippen molar-refractivity contribution >= 4 is 21.6 Å². The Morgan fingerprint density at radius 2 is 1.73 bits per heavy atom. The number of nitrogens with zero attached hydrogens (tertiary/aromatic N) is 2. The van der Waals surface area contributed by atoms with E-state index in [0.717, 1.165) is 18.2 Å². The highest BCUT2D eigenvalue weighted by atomic mass is 32.2. The molecule has 0 saturated carbocycles. The number of benzene rings is 1. The van der Waals surface area contributed by atoms with Gasteiger partial charge in [0.2, 0.25) is 15.9 Å². The number of hydrogen-bond acceptors (Lipinski definition) is 5. The molecule has 2 aliphatic rings. The molecule has 0 aliphatic carbocycles. The smallest absolute Gasteiger partial charge is 0.243 e. The van der Waals surface area contributed by atoms with E-state index in [1.807, 2.05) is 19.1 Å². The van der Waals surface area contributed by atoms with Gasteiger partial charge in [0.1, 0.15) is 6.54 Å². The maximum absolute atomic E-state index is 12.7. The number of aryl methyl sites for hydroxylation is 1. The highest BCUT2D eigenvalue weighted by Gasteiger charge is 2.41. The minimum absolute atomic E-state index is 0.195. The summed E-state index contributed by atoms with van der Waals surface area (Å²) in [5.74, 6) is -0.758. The topological polar surface area (TPSA) is 76.2 Å². The van der Waals surface area contributed by atoms with Crippen LogP contribution in [0.4, 0.5) is 5.69 Å². The van der Waals surface area contributed by atoms with E-state index < -0.39 is 15.8 Å². The summed E-state index contributed by atoms with van der Waals surface area (Å²) in [5.41, 5.74) is 1.63. The second-order valence-electron chi connectivity index (χ2n) is 6.78. The number of ether oxygens (including phenoxy) is 2. The summed E-state index contributed by atoms with van der Waals surface area (Å²) in [7, 11) is -3.56. The van der Waals surface area contributed by atoms with Crippen molar-refractivity contribution in [2.24, 2.45) is 0 Å². The van der Waals surface area contributed by atoms with Gasteiger partial charge in [-0.25, -0.2) is 8.42 Å². The molecule has 2 heterocycles. The zero-order valence-electron chi connectivity index (χ0n) is 15.3. The van der Waals surface area contributed by atoms with Gasteiger partial charge in [-0.15, -0.1) is 0 Å². The molecule has 7 nitrogen and oxygen atoms in total. The van der Waals surface area contributed by atoms with E-state index in [1.165, 1.54) is 4.31 Å². The van der Waals surface area contributed by atoms with Gasteiger partial charge in [0.05, 0.1) is 25.2 Å². The fourth-order valence-electron chi connectivity index (χ4n) is 3.40. The lowest BCUT2D eigenvalue weighted by molar-refractivity contribution is -0.187. The predicted octanol–water partition coefficient (Wildman–Crippen LogP) is 1.38. The molecule has 2 aliphatic heterocycles. The van der Waals surface area contributed by atoms with Crippen LogP contribution in [0.1, 0.15) is 25.3 Å². The van der Waals surface area contributed by atoms with Crippen LogP contribution in [0, 0.1) is 0 Å². The molecule has 0 unspecified atom stereocenters. The number of hydrogen-bond donors (Lipinski definition) is 0. The van der Waals surface area contributed by atoms with Gasteiger partial charge in [0.25, 0.3) is 0 Å². The Bertz CT molecular complexity index is 731. The van der Waals surface area contributed by atoms with Crippen LogP contribution in [0.2, 0.25) is 0 Å². The Morgan fingerprint density at radius 3 is 2.23 bits per heavy atom. The van der Waals surface area contributed by atoms with Gasteiger partial charge in [0.15, 0.2) is 5.79 Å². The first kappa shape index (κ1) is 19.1. The maximum Gasteiger partial charge on any atom is 0.243 e. The van der Waals surface area contributed by atoms with Gasteiger partial charge < -0.3 is 14.4 Å². The van der Waals surface area contributed by atoms with Crippen LogP contribution < -0.4 is 4.31 Å². The second kappa shape index (κ2) is 7.54. The molecule has 144 valence electrons. The molecule has 2 fully saturated rings. The zero-order chi connectivity index (χ0) is 18.8. The van der Waals surface area contributed by atoms with Gasteiger partial charge in [-0.1, -0.05) is 19.1 Å². The molecule has 0 aromatic heterocycles. The van der Waals surface area contributed by atoms with Gasteiger partial charge in [-0.3, -0.25) is 9.10 Å². The number of rotatable bonds is 5. The van der Waals surface area contributed by atoms with Crippen LogP contribution in [0.5, 0.6) is 0 Å². The molecular weight excluding hydrogens is 356 g/mol. The summed E-state index contributed by atoms with van der Waals surface area (Å²) in [6, 6.07) is 7.27. The molecule has 1 aromatic rings. The molecule has 3 rings (SSSR count). The number of amides is 1. The highest BCUT2D eigenvalue weighted by molar-refractivity contribution is 7.92. The van der Waals surface area contributed by atoms with Crippen molar-refractivity contribution in [2.45, 2.75) is 32.0 Å². The Kier molecular flexibility index (Phi) is 5.55. The third kappa shape index (κ3) is 4.19. The summed E-state index contributed by atoms with van der Waals surface area (Å²) < 4.78 is 37.0. The Hall–Kier alpha value is -1.64. The quantitative estimate of drug-likeness (QED) is 0.769. The van der Waals surface area contributed by atoms with E-state index >= 15 is 0 Å². The average Bonchev–Trinajstić information content (AvgIpc) is 3.07. The van der Waals surface area contributed by atoms with Gasteiger partial charge in [-0.05, 0) is 24.1 Å². The third-order valence-corrected chi connectivity index (χ3v) is 6.14. The van der Waals surface area contributed by atoms with Crippen LogP contribution in [-0.2, 0) is 30.7 Å². The number of sulfonamides is 1. The number of carbonyl (C=O) groups excluding carboxylic acids is 1. The first-order chi connectivity index (χ1) is 12.3. The first-order valence-electron chi connectivity index (χ1n) is 8.95. The SMILES string of the molecule is CCc1ccc(N(CC(=O)N2CCC3(CC2)OCCO3)S(C)(=O)=O)cc1. The van der Waals surface area contributed by atoms with E-state index in [0.29, 0.717) is 44.8 Å². The average molecular weight is 382 g/mol. The van der Waals surface area contributed by atoms with Crippen molar-refractivity contribution in [3.63, 3.8) is 0 Å². The zero-order valence-corrected chi connectivity index (χ0v) is 16.1. The number of carbonyl (C=O) groups is 1. The number of piperidine rings is 1. The monoisotopic (exact) mass is 382 g/mol. The Morgan fingerprint density at radius 1 is 1.15 bits per heavy atom. The van der Waals surface area contributed by atoms with Crippen molar-refractivity contribution < 1.29 is 22.7 Å². The number of anilines is 1. The van der Waals surface area contributed by atoms with E-state index in [2.05, 4.69) is 0 Å². The van der Waals surface area contributed by atoms with Crippen molar-refractivity contribution in [1.82, 2.24) is 4.90 Å². The normalized spacial score (nSPS) is 19.7. The van der Waals surface area contributed by atoms with Crippen molar-refractivity contribution in [3.8, 4) is 0 Å². The fraction of sp³-hybridized carbons (Fsp3) is 0.611. The van der Waals surface area contributed by atoms with Crippen molar-refractivity contribution in [3.05, 3.63) is 29.8 Å². The Balaban J connectivity index is 1.68. The van der Waals surface area contributed by atoms with Crippen LogP contribution in [0.3, 0.4) is 0 Å².